The van der Waals surface area contributed by atoms with Crippen molar-refractivity contribution in [3.8, 4) is 0 Å². The number of halogens is 4. The van der Waals surface area contributed by atoms with E-state index in [0.717, 1.165) is 6.07 Å². The molecule has 0 saturated heterocycles. The van der Waals surface area contributed by atoms with Crippen molar-refractivity contribution in [1.29, 1.82) is 0 Å². The molecule has 118 valence electrons. The lowest BCUT2D eigenvalue weighted by Crippen LogP contribution is -2.27. The molecule has 0 radical (unpaired) electrons. The van der Waals surface area contributed by atoms with Crippen LogP contribution >= 0.6 is 23.2 Å². The lowest BCUT2D eigenvalue weighted by Gasteiger charge is -2.15. The summed E-state index contributed by atoms with van der Waals surface area (Å²) >= 11 is 11.5. The molecule has 0 saturated carbocycles. The van der Waals surface area contributed by atoms with E-state index in [1.807, 2.05) is 0 Å². The average molecular weight is 366 g/mol. The van der Waals surface area contributed by atoms with Crippen molar-refractivity contribution in [1.82, 2.24) is 4.72 Å². The van der Waals surface area contributed by atoms with Crippen molar-refractivity contribution < 1.29 is 17.2 Å². The maximum Gasteiger partial charge on any atom is 0.241 e. The summed E-state index contributed by atoms with van der Waals surface area (Å²) in [5.41, 5.74) is 0.0324. The van der Waals surface area contributed by atoms with E-state index < -0.39 is 27.7 Å². The van der Waals surface area contributed by atoms with E-state index in [2.05, 4.69) is 4.72 Å². The highest BCUT2D eigenvalue weighted by atomic mass is 35.5. The topological polar surface area (TPSA) is 46.2 Å². The Morgan fingerprint density at radius 3 is 2.32 bits per heavy atom. The Morgan fingerprint density at radius 1 is 1.05 bits per heavy atom. The summed E-state index contributed by atoms with van der Waals surface area (Å²) in [4.78, 5) is -0.101. The first kappa shape index (κ1) is 17.1. The highest BCUT2D eigenvalue weighted by Gasteiger charge is 2.21. The normalized spacial score (nSPS) is 13.1. The van der Waals surface area contributed by atoms with Gasteiger partial charge in [0.1, 0.15) is 11.6 Å². The van der Waals surface area contributed by atoms with Crippen molar-refractivity contribution in [3.63, 3.8) is 0 Å². The predicted molar refractivity (Wildman–Crippen MR) is 81.6 cm³/mol. The van der Waals surface area contributed by atoms with Gasteiger partial charge in [-0.1, -0.05) is 29.3 Å². The molecular weight excluding hydrogens is 355 g/mol. The number of nitrogens with one attached hydrogen (secondary N) is 1. The van der Waals surface area contributed by atoms with Crippen LogP contribution in [-0.2, 0) is 10.0 Å². The molecule has 0 aliphatic carbocycles. The lowest BCUT2D eigenvalue weighted by molar-refractivity contribution is 0.540. The maximum atomic E-state index is 13.7. The highest BCUT2D eigenvalue weighted by Crippen LogP contribution is 2.26. The number of sulfonamides is 1. The van der Waals surface area contributed by atoms with Gasteiger partial charge in [-0.05, 0) is 31.2 Å². The maximum absolute atomic E-state index is 13.7. The van der Waals surface area contributed by atoms with E-state index in [1.165, 1.54) is 31.2 Å². The first-order chi connectivity index (χ1) is 10.2. The third kappa shape index (κ3) is 3.76. The molecular formula is C14H11Cl2F2NO2S. The monoisotopic (exact) mass is 365 g/mol. The Balaban J connectivity index is 2.29. The summed E-state index contributed by atoms with van der Waals surface area (Å²) in [6.45, 7) is 1.45. The molecule has 8 heteroatoms. The Morgan fingerprint density at radius 2 is 1.73 bits per heavy atom. The van der Waals surface area contributed by atoms with Crippen molar-refractivity contribution in [3.05, 3.63) is 63.6 Å². The zero-order valence-corrected chi connectivity index (χ0v) is 13.6. The second kappa shape index (κ2) is 6.50. The molecule has 0 amide bonds. The standard InChI is InChI=1S/C14H11Cl2F2NO2S/c1-8(11-4-2-9(17)6-14(11)18)19-22(20,21)10-3-5-12(15)13(16)7-10/h2-8,19H,1H3. The van der Waals surface area contributed by atoms with Gasteiger partial charge in [-0.15, -0.1) is 0 Å². The third-order valence-corrected chi connectivity index (χ3v) is 5.24. The van der Waals surface area contributed by atoms with Crippen LogP contribution in [0.15, 0.2) is 41.3 Å². The Bertz CT molecular complexity index is 812. The Hall–Kier alpha value is -1.21. The molecule has 0 spiro atoms. The lowest BCUT2D eigenvalue weighted by atomic mass is 10.1. The van der Waals surface area contributed by atoms with Gasteiger partial charge in [0, 0.05) is 17.7 Å². The molecule has 2 rings (SSSR count). The van der Waals surface area contributed by atoms with Crippen molar-refractivity contribution in [2.24, 2.45) is 0 Å². The van der Waals surface area contributed by atoms with Gasteiger partial charge >= 0.3 is 0 Å². The van der Waals surface area contributed by atoms with E-state index >= 15 is 0 Å². The van der Waals surface area contributed by atoms with Gasteiger partial charge in [0.25, 0.3) is 0 Å². The van der Waals surface area contributed by atoms with Gasteiger partial charge in [0.2, 0.25) is 10.0 Å². The first-order valence-electron chi connectivity index (χ1n) is 6.13. The quantitative estimate of drug-likeness (QED) is 0.877. The van der Waals surface area contributed by atoms with E-state index in [4.69, 9.17) is 23.2 Å². The summed E-state index contributed by atoms with van der Waals surface area (Å²) in [6.07, 6.45) is 0. The van der Waals surface area contributed by atoms with Crippen LogP contribution in [0.2, 0.25) is 10.0 Å². The molecule has 0 aliphatic rings. The highest BCUT2D eigenvalue weighted by molar-refractivity contribution is 7.89. The summed E-state index contributed by atoms with van der Waals surface area (Å²) < 4.78 is 53.4. The van der Waals surface area contributed by atoms with E-state index in [-0.39, 0.29) is 20.5 Å². The molecule has 2 aromatic carbocycles. The molecule has 1 unspecified atom stereocenters. The molecule has 1 N–H and O–H groups in total. The SMILES string of the molecule is CC(NS(=O)(=O)c1ccc(Cl)c(Cl)c1)c1ccc(F)cc1F. The van der Waals surface area contributed by atoms with Crippen molar-refractivity contribution in [2.75, 3.05) is 0 Å². The van der Waals surface area contributed by atoms with Crippen LogP contribution in [0.5, 0.6) is 0 Å². The Labute approximate surface area is 136 Å². The van der Waals surface area contributed by atoms with Crippen molar-refractivity contribution >= 4 is 33.2 Å². The predicted octanol–water partition coefficient (Wildman–Crippen LogP) is 4.31. The van der Waals surface area contributed by atoms with Crippen LogP contribution in [0.1, 0.15) is 18.5 Å². The molecule has 0 fully saturated rings. The van der Waals surface area contributed by atoms with Crippen LogP contribution in [0, 0.1) is 11.6 Å². The summed E-state index contributed by atoms with van der Waals surface area (Å²) in [5.74, 6) is -1.56. The number of hydrogen-bond acceptors (Lipinski definition) is 2. The van der Waals surface area contributed by atoms with E-state index in [1.54, 1.807) is 0 Å². The number of hydrogen-bond donors (Lipinski definition) is 1. The first-order valence-corrected chi connectivity index (χ1v) is 8.37. The van der Waals surface area contributed by atoms with Gasteiger partial charge in [-0.25, -0.2) is 21.9 Å². The minimum Gasteiger partial charge on any atom is -0.207 e. The fraction of sp³-hybridized carbons (Fsp3) is 0.143. The largest absolute Gasteiger partial charge is 0.241 e. The van der Waals surface area contributed by atoms with Crippen LogP contribution in [0.4, 0.5) is 8.78 Å². The van der Waals surface area contributed by atoms with Gasteiger partial charge in [-0.3, -0.25) is 0 Å². The second-order valence-electron chi connectivity index (χ2n) is 4.58. The Kier molecular flexibility index (Phi) is 5.07. The zero-order valence-electron chi connectivity index (χ0n) is 11.3. The van der Waals surface area contributed by atoms with Gasteiger partial charge in [0.15, 0.2) is 0 Å². The van der Waals surface area contributed by atoms with E-state index in [9.17, 15) is 17.2 Å². The van der Waals surface area contributed by atoms with Crippen LogP contribution in [0.3, 0.4) is 0 Å². The van der Waals surface area contributed by atoms with Crippen LogP contribution < -0.4 is 4.72 Å². The fourth-order valence-corrected chi connectivity index (χ4v) is 3.47. The molecule has 1 atom stereocenters. The van der Waals surface area contributed by atoms with Crippen LogP contribution in [0.25, 0.3) is 0 Å². The molecule has 0 bridgehead atoms. The average Bonchev–Trinajstić information content (AvgIpc) is 2.40. The molecule has 2 aromatic rings. The molecule has 0 heterocycles. The van der Waals surface area contributed by atoms with E-state index in [0.29, 0.717) is 6.07 Å². The molecule has 22 heavy (non-hydrogen) atoms. The number of benzene rings is 2. The minimum atomic E-state index is -3.93. The third-order valence-electron chi connectivity index (χ3n) is 2.96. The van der Waals surface area contributed by atoms with Crippen LogP contribution in [-0.4, -0.2) is 8.42 Å². The summed E-state index contributed by atoms with van der Waals surface area (Å²) in [7, 11) is -3.93. The summed E-state index contributed by atoms with van der Waals surface area (Å²) in [5, 5.41) is 0.309. The second-order valence-corrected chi connectivity index (χ2v) is 7.11. The molecule has 0 aliphatic heterocycles. The van der Waals surface area contributed by atoms with Gasteiger partial charge in [-0.2, -0.15) is 0 Å². The molecule has 3 nitrogen and oxygen atoms in total. The zero-order chi connectivity index (χ0) is 16.5. The van der Waals surface area contributed by atoms with Crippen molar-refractivity contribution in [2.45, 2.75) is 17.9 Å². The number of rotatable bonds is 4. The molecule has 0 aromatic heterocycles. The fourth-order valence-electron chi connectivity index (χ4n) is 1.86. The minimum absolute atomic E-state index is 0.0324. The van der Waals surface area contributed by atoms with Gasteiger partial charge in [0.05, 0.1) is 14.9 Å². The summed E-state index contributed by atoms with van der Waals surface area (Å²) in [6, 6.07) is 5.88. The van der Waals surface area contributed by atoms with Gasteiger partial charge < -0.3 is 0 Å². The smallest absolute Gasteiger partial charge is 0.207 e.